The minimum Gasteiger partial charge on any atom is -0.494 e. The van der Waals surface area contributed by atoms with Crippen LogP contribution in [0.15, 0.2) is 42.5 Å². The Morgan fingerprint density at radius 1 is 1.04 bits per heavy atom. The van der Waals surface area contributed by atoms with E-state index in [1.807, 2.05) is 49.4 Å². The number of nitrogens with zero attached hydrogens (tertiary/aromatic N) is 1. The molecule has 0 saturated carbocycles. The summed E-state index contributed by atoms with van der Waals surface area (Å²) in [6.07, 6.45) is 0. The van der Waals surface area contributed by atoms with Crippen molar-refractivity contribution < 1.29 is 14.2 Å². The van der Waals surface area contributed by atoms with Crippen LogP contribution in [-0.2, 0) is 0 Å². The molecule has 1 aliphatic rings. The molecule has 5 heteroatoms. The van der Waals surface area contributed by atoms with Crippen LogP contribution in [0, 0.1) is 6.92 Å². The average Bonchev–Trinajstić information content (AvgIpc) is 2.61. The van der Waals surface area contributed by atoms with Crippen LogP contribution < -0.4 is 19.5 Å². The lowest BCUT2D eigenvalue weighted by Crippen LogP contribution is -2.15. The van der Waals surface area contributed by atoms with E-state index < -0.39 is 0 Å². The van der Waals surface area contributed by atoms with Gasteiger partial charge in [0.15, 0.2) is 11.5 Å². The van der Waals surface area contributed by atoms with Crippen LogP contribution in [0.4, 0.5) is 11.4 Å². The minimum absolute atomic E-state index is 0.574. The highest BCUT2D eigenvalue weighted by Crippen LogP contribution is 2.36. The van der Waals surface area contributed by atoms with Gasteiger partial charge in [-0.05, 0) is 31.2 Å². The standard InChI is InChI=1S/C19H18N2O3/c1-12-10-15(14-4-3-5-17(22-2)19(14)20-12)21-13-6-7-16-18(11-13)24-9-8-23-16/h3-7,10-11H,8-9H2,1-2H3,(H,20,21). The number of rotatable bonds is 3. The molecule has 4 rings (SSSR count). The Morgan fingerprint density at radius 3 is 2.71 bits per heavy atom. The molecular formula is C19H18N2O3. The van der Waals surface area contributed by atoms with Crippen molar-refractivity contribution in [1.29, 1.82) is 0 Å². The number of hydrogen-bond donors (Lipinski definition) is 1. The number of nitrogens with one attached hydrogen (secondary N) is 1. The molecule has 5 nitrogen and oxygen atoms in total. The molecule has 2 heterocycles. The Kier molecular flexibility index (Phi) is 3.61. The number of anilines is 2. The summed E-state index contributed by atoms with van der Waals surface area (Å²) in [7, 11) is 1.66. The lowest BCUT2D eigenvalue weighted by atomic mass is 10.1. The van der Waals surface area contributed by atoms with Crippen LogP contribution in [0.25, 0.3) is 10.9 Å². The maximum atomic E-state index is 5.65. The number of ether oxygens (including phenoxy) is 3. The second kappa shape index (κ2) is 5.92. The van der Waals surface area contributed by atoms with Crippen LogP contribution in [0.2, 0.25) is 0 Å². The Labute approximate surface area is 140 Å². The first kappa shape index (κ1) is 14.6. The number of aryl methyl sites for hydroxylation is 1. The van der Waals surface area contributed by atoms with Crippen molar-refractivity contribution in [1.82, 2.24) is 4.98 Å². The topological polar surface area (TPSA) is 52.6 Å². The fourth-order valence-electron chi connectivity index (χ4n) is 2.90. The molecule has 0 atom stereocenters. The van der Waals surface area contributed by atoms with E-state index in [1.54, 1.807) is 7.11 Å². The quantitative estimate of drug-likeness (QED) is 0.788. The smallest absolute Gasteiger partial charge is 0.163 e. The largest absolute Gasteiger partial charge is 0.494 e. The van der Waals surface area contributed by atoms with Crippen LogP contribution in [0.1, 0.15) is 5.69 Å². The minimum atomic E-state index is 0.574. The van der Waals surface area contributed by atoms with Gasteiger partial charge < -0.3 is 19.5 Å². The van der Waals surface area contributed by atoms with E-state index in [1.165, 1.54) is 0 Å². The van der Waals surface area contributed by atoms with E-state index in [0.717, 1.165) is 45.2 Å². The number of benzene rings is 2. The van der Waals surface area contributed by atoms with E-state index in [-0.39, 0.29) is 0 Å². The summed E-state index contributed by atoms with van der Waals surface area (Å²) < 4.78 is 16.7. The van der Waals surface area contributed by atoms with Gasteiger partial charge in [-0.3, -0.25) is 0 Å². The van der Waals surface area contributed by atoms with Gasteiger partial charge in [0.05, 0.1) is 7.11 Å². The molecule has 0 radical (unpaired) electrons. The summed E-state index contributed by atoms with van der Waals surface area (Å²) >= 11 is 0. The lowest BCUT2D eigenvalue weighted by molar-refractivity contribution is 0.171. The van der Waals surface area contributed by atoms with Gasteiger partial charge in [-0.2, -0.15) is 0 Å². The van der Waals surface area contributed by atoms with Gasteiger partial charge in [-0.15, -0.1) is 0 Å². The molecule has 0 unspecified atom stereocenters. The van der Waals surface area contributed by atoms with Gasteiger partial charge in [0.25, 0.3) is 0 Å². The van der Waals surface area contributed by atoms with Crippen molar-refractivity contribution in [3.63, 3.8) is 0 Å². The molecule has 0 saturated heterocycles. The Bertz CT molecular complexity index is 908. The Hall–Kier alpha value is -2.95. The predicted molar refractivity (Wildman–Crippen MR) is 93.7 cm³/mol. The summed E-state index contributed by atoms with van der Waals surface area (Å²) in [5.41, 5.74) is 3.69. The first-order valence-corrected chi connectivity index (χ1v) is 7.85. The highest BCUT2D eigenvalue weighted by molar-refractivity contribution is 5.96. The molecule has 0 aliphatic carbocycles. The molecule has 3 aromatic rings. The van der Waals surface area contributed by atoms with Gasteiger partial charge in [-0.1, -0.05) is 12.1 Å². The van der Waals surface area contributed by atoms with Crippen molar-refractivity contribution in [2.45, 2.75) is 6.92 Å². The molecule has 122 valence electrons. The van der Waals surface area contributed by atoms with Gasteiger partial charge in [0, 0.05) is 28.5 Å². The zero-order valence-electron chi connectivity index (χ0n) is 13.6. The molecule has 1 aliphatic heterocycles. The fourth-order valence-corrected chi connectivity index (χ4v) is 2.90. The van der Waals surface area contributed by atoms with Gasteiger partial charge >= 0.3 is 0 Å². The lowest BCUT2D eigenvalue weighted by Gasteiger charge is -2.19. The SMILES string of the molecule is COc1cccc2c(Nc3ccc4c(c3)OCCO4)cc(C)nc12. The molecule has 0 amide bonds. The second-order valence-electron chi connectivity index (χ2n) is 5.65. The van der Waals surface area contributed by atoms with Crippen molar-refractivity contribution in [3.8, 4) is 17.2 Å². The van der Waals surface area contributed by atoms with Crippen molar-refractivity contribution in [2.75, 3.05) is 25.6 Å². The van der Waals surface area contributed by atoms with Gasteiger partial charge in [0.1, 0.15) is 24.5 Å². The summed E-state index contributed by atoms with van der Waals surface area (Å²) in [5.74, 6) is 2.31. The molecule has 2 aromatic carbocycles. The van der Waals surface area contributed by atoms with E-state index in [9.17, 15) is 0 Å². The summed E-state index contributed by atoms with van der Waals surface area (Å²) in [4.78, 5) is 4.61. The van der Waals surface area contributed by atoms with Crippen LogP contribution >= 0.6 is 0 Å². The molecule has 0 spiro atoms. The molecule has 1 N–H and O–H groups in total. The molecule has 24 heavy (non-hydrogen) atoms. The Balaban J connectivity index is 1.77. The van der Waals surface area contributed by atoms with E-state index >= 15 is 0 Å². The number of hydrogen-bond acceptors (Lipinski definition) is 5. The number of pyridine rings is 1. The number of aromatic nitrogens is 1. The molecule has 1 aromatic heterocycles. The predicted octanol–water partition coefficient (Wildman–Crippen LogP) is 4.07. The van der Waals surface area contributed by atoms with Crippen molar-refractivity contribution in [3.05, 3.63) is 48.2 Å². The zero-order chi connectivity index (χ0) is 16.5. The summed E-state index contributed by atoms with van der Waals surface area (Å²) in [6.45, 7) is 3.14. The van der Waals surface area contributed by atoms with Gasteiger partial charge in [0.2, 0.25) is 0 Å². The van der Waals surface area contributed by atoms with Crippen LogP contribution in [0.3, 0.4) is 0 Å². The first-order valence-electron chi connectivity index (χ1n) is 7.85. The zero-order valence-corrected chi connectivity index (χ0v) is 13.6. The normalized spacial score (nSPS) is 12.9. The van der Waals surface area contributed by atoms with Gasteiger partial charge in [-0.25, -0.2) is 4.98 Å². The van der Waals surface area contributed by atoms with E-state index in [0.29, 0.717) is 13.2 Å². The monoisotopic (exact) mass is 322 g/mol. The van der Waals surface area contributed by atoms with E-state index in [2.05, 4.69) is 10.3 Å². The summed E-state index contributed by atoms with van der Waals surface area (Å²) in [6, 6.07) is 13.8. The third-order valence-electron chi connectivity index (χ3n) is 3.97. The molecule has 0 bridgehead atoms. The van der Waals surface area contributed by atoms with Crippen molar-refractivity contribution >= 4 is 22.3 Å². The summed E-state index contributed by atoms with van der Waals surface area (Å²) in [5, 5.41) is 4.47. The number of fused-ring (bicyclic) bond motifs is 2. The fraction of sp³-hybridized carbons (Fsp3) is 0.211. The number of methoxy groups -OCH3 is 1. The Morgan fingerprint density at radius 2 is 1.88 bits per heavy atom. The van der Waals surface area contributed by atoms with E-state index in [4.69, 9.17) is 14.2 Å². The molecular weight excluding hydrogens is 304 g/mol. The van der Waals surface area contributed by atoms with Crippen LogP contribution in [0.5, 0.6) is 17.2 Å². The average molecular weight is 322 g/mol. The highest BCUT2D eigenvalue weighted by atomic mass is 16.6. The highest BCUT2D eigenvalue weighted by Gasteiger charge is 2.13. The number of para-hydroxylation sites is 1. The van der Waals surface area contributed by atoms with Crippen LogP contribution in [-0.4, -0.2) is 25.3 Å². The maximum Gasteiger partial charge on any atom is 0.163 e. The van der Waals surface area contributed by atoms with Crippen molar-refractivity contribution in [2.24, 2.45) is 0 Å². The second-order valence-corrected chi connectivity index (χ2v) is 5.65. The maximum absolute atomic E-state index is 5.65. The third kappa shape index (κ3) is 2.58. The molecule has 0 fully saturated rings. The third-order valence-corrected chi connectivity index (χ3v) is 3.97. The first-order chi connectivity index (χ1) is 11.7.